The molecule has 3 aromatic heterocycles. The Hall–Kier alpha value is -2.42. The number of halogens is 2. The van der Waals surface area contributed by atoms with Crippen LogP contribution in [-0.4, -0.2) is 43.3 Å². The van der Waals surface area contributed by atoms with Gasteiger partial charge in [-0.1, -0.05) is 6.07 Å². The zero-order valence-corrected chi connectivity index (χ0v) is 16.8. The number of pyridine rings is 1. The molecule has 0 bridgehead atoms. The minimum Gasteiger partial charge on any atom is -0.350 e. The lowest BCUT2D eigenvalue weighted by Gasteiger charge is -2.36. The van der Waals surface area contributed by atoms with Gasteiger partial charge in [0.2, 0.25) is 5.91 Å². The van der Waals surface area contributed by atoms with Crippen molar-refractivity contribution in [3.8, 4) is 5.82 Å². The van der Waals surface area contributed by atoms with E-state index in [0.717, 1.165) is 24.5 Å². The lowest BCUT2D eigenvalue weighted by Crippen LogP contribution is -2.54. The van der Waals surface area contributed by atoms with E-state index in [0.29, 0.717) is 19.4 Å². The van der Waals surface area contributed by atoms with Gasteiger partial charge in [-0.15, -0.1) is 24.8 Å². The molecule has 0 saturated carbocycles. The Balaban J connectivity index is 0.00000140. The van der Waals surface area contributed by atoms with Crippen LogP contribution >= 0.6 is 24.8 Å². The van der Waals surface area contributed by atoms with Gasteiger partial charge in [0.1, 0.15) is 17.7 Å². The third kappa shape index (κ3) is 4.19. The first kappa shape index (κ1) is 21.9. The highest BCUT2D eigenvalue weighted by atomic mass is 35.5. The molecule has 3 aromatic rings. The molecule has 1 saturated heterocycles. The minimum absolute atomic E-state index is 0. The van der Waals surface area contributed by atoms with Gasteiger partial charge in [0.25, 0.3) is 0 Å². The van der Waals surface area contributed by atoms with Gasteiger partial charge in [-0.25, -0.2) is 9.97 Å². The standard InChI is InChI=1S/C18H21N7O.2ClH/c26-17(18(4-8-19-9-5-18)25-11-2-7-23-25)22-13-15-3-1-6-21-16(15)24-12-10-20-14-24;;/h1-3,6-7,10-12,14,19H,4-5,8-9,13H2,(H,22,26);2*1H. The number of carbonyl (C=O) groups is 1. The molecule has 10 heteroatoms. The highest BCUT2D eigenvalue weighted by molar-refractivity contribution is 5.86. The maximum Gasteiger partial charge on any atom is 0.248 e. The number of amides is 1. The van der Waals surface area contributed by atoms with Crippen molar-refractivity contribution in [1.29, 1.82) is 0 Å². The van der Waals surface area contributed by atoms with Gasteiger partial charge in [-0.2, -0.15) is 5.10 Å². The second-order valence-corrected chi connectivity index (χ2v) is 6.37. The van der Waals surface area contributed by atoms with Crippen LogP contribution < -0.4 is 10.6 Å². The van der Waals surface area contributed by atoms with E-state index in [1.807, 2.05) is 35.2 Å². The average Bonchev–Trinajstić information content (AvgIpc) is 3.41. The van der Waals surface area contributed by atoms with Crippen molar-refractivity contribution >= 4 is 30.7 Å². The first-order valence-electron chi connectivity index (χ1n) is 8.71. The number of rotatable bonds is 5. The van der Waals surface area contributed by atoms with Gasteiger partial charge in [0.15, 0.2) is 0 Å². The van der Waals surface area contributed by atoms with Crippen LogP contribution in [0.5, 0.6) is 0 Å². The maximum atomic E-state index is 13.2. The number of aromatic nitrogens is 5. The van der Waals surface area contributed by atoms with Crippen LogP contribution in [0.2, 0.25) is 0 Å². The molecular formula is C18H23Cl2N7O. The van der Waals surface area contributed by atoms with Gasteiger partial charge in [-0.05, 0) is 38.1 Å². The monoisotopic (exact) mass is 423 g/mol. The third-order valence-electron chi connectivity index (χ3n) is 4.85. The molecule has 4 heterocycles. The number of piperidine rings is 1. The predicted octanol–water partition coefficient (Wildman–Crippen LogP) is 1.70. The number of hydrogen-bond acceptors (Lipinski definition) is 5. The summed E-state index contributed by atoms with van der Waals surface area (Å²) in [5.74, 6) is 0.756. The molecule has 0 spiro atoms. The number of nitrogens with one attached hydrogen (secondary N) is 2. The van der Waals surface area contributed by atoms with Crippen molar-refractivity contribution in [1.82, 2.24) is 34.9 Å². The quantitative estimate of drug-likeness (QED) is 0.651. The van der Waals surface area contributed by atoms with Crippen molar-refractivity contribution in [2.24, 2.45) is 0 Å². The van der Waals surface area contributed by atoms with E-state index < -0.39 is 5.54 Å². The molecular weight excluding hydrogens is 401 g/mol. The van der Waals surface area contributed by atoms with Crippen LogP contribution in [0.4, 0.5) is 0 Å². The lowest BCUT2D eigenvalue weighted by atomic mass is 9.87. The summed E-state index contributed by atoms with van der Waals surface area (Å²) < 4.78 is 3.64. The maximum absolute atomic E-state index is 13.2. The summed E-state index contributed by atoms with van der Waals surface area (Å²) in [5.41, 5.74) is 0.287. The molecule has 1 amide bonds. The minimum atomic E-state index is -0.647. The van der Waals surface area contributed by atoms with Crippen molar-refractivity contribution in [2.75, 3.05) is 13.1 Å². The van der Waals surface area contributed by atoms with E-state index in [-0.39, 0.29) is 30.7 Å². The molecule has 0 unspecified atom stereocenters. The molecule has 0 radical (unpaired) electrons. The van der Waals surface area contributed by atoms with Crippen LogP contribution in [0.3, 0.4) is 0 Å². The molecule has 2 N–H and O–H groups in total. The predicted molar refractivity (Wildman–Crippen MR) is 110 cm³/mol. The molecule has 1 aliphatic rings. The van der Waals surface area contributed by atoms with Gasteiger partial charge in [-0.3, -0.25) is 14.0 Å². The Morgan fingerprint density at radius 2 is 1.96 bits per heavy atom. The highest BCUT2D eigenvalue weighted by Gasteiger charge is 2.41. The summed E-state index contributed by atoms with van der Waals surface area (Å²) in [6, 6.07) is 5.69. The fraction of sp³-hybridized carbons (Fsp3) is 0.333. The van der Waals surface area contributed by atoms with Crippen LogP contribution in [0, 0.1) is 0 Å². The van der Waals surface area contributed by atoms with E-state index in [1.54, 1.807) is 29.6 Å². The van der Waals surface area contributed by atoms with Crippen molar-refractivity contribution in [3.63, 3.8) is 0 Å². The molecule has 1 fully saturated rings. The van der Waals surface area contributed by atoms with Crippen LogP contribution in [-0.2, 0) is 16.9 Å². The average molecular weight is 424 g/mol. The summed E-state index contributed by atoms with van der Waals surface area (Å²) in [6.07, 6.45) is 12.0. The summed E-state index contributed by atoms with van der Waals surface area (Å²) in [5, 5.41) is 10.8. The Kier molecular flexibility index (Phi) is 7.56. The summed E-state index contributed by atoms with van der Waals surface area (Å²) in [6.45, 7) is 1.98. The van der Waals surface area contributed by atoms with E-state index in [1.165, 1.54) is 0 Å². The van der Waals surface area contributed by atoms with Crippen molar-refractivity contribution in [2.45, 2.75) is 24.9 Å². The SMILES string of the molecule is Cl.Cl.O=C(NCc1cccnc1-n1ccnc1)C1(n2cccn2)CCNCC1. The second-order valence-electron chi connectivity index (χ2n) is 6.37. The second kappa shape index (κ2) is 9.68. The van der Waals surface area contributed by atoms with Gasteiger partial charge >= 0.3 is 0 Å². The Bertz CT molecular complexity index is 862. The molecule has 4 rings (SSSR count). The Morgan fingerprint density at radius 3 is 2.64 bits per heavy atom. The number of nitrogens with zero attached hydrogens (tertiary/aromatic N) is 5. The molecule has 0 aromatic carbocycles. The normalized spacial score (nSPS) is 15.1. The number of imidazole rings is 1. The number of carbonyl (C=O) groups excluding carboxylic acids is 1. The van der Waals surface area contributed by atoms with Gasteiger partial charge in [0.05, 0.1) is 0 Å². The van der Waals surface area contributed by atoms with Crippen molar-refractivity contribution in [3.05, 3.63) is 61.1 Å². The zero-order valence-electron chi connectivity index (χ0n) is 15.2. The van der Waals surface area contributed by atoms with Crippen LogP contribution in [0.15, 0.2) is 55.5 Å². The molecule has 1 aliphatic heterocycles. The number of hydrogen-bond donors (Lipinski definition) is 2. The van der Waals surface area contributed by atoms with E-state index >= 15 is 0 Å². The topological polar surface area (TPSA) is 89.7 Å². The van der Waals surface area contributed by atoms with E-state index in [9.17, 15) is 4.79 Å². The highest BCUT2D eigenvalue weighted by Crippen LogP contribution is 2.27. The van der Waals surface area contributed by atoms with Crippen LogP contribution in [0.25, 0.3) is 5.82 Å². The van der Waals surface area contributed by atoms with Crippen LogP contribution in [0.1, 0.15) is 18.4 Å². The van der Waals surface area contributed by atoms with Crippen molar-refractivity contribution < 1.29 is 4.79 Å². The molecule has 8 nitrogen and oxygen atoms in total. The Labute approximate surface area is 175 Å². The molecule has 150 valence electrons. The fourth-order valence-electron chi connectivity index (χ4n) is 3.45. The molecule has 0 atom stereocenters. The first-order valence-corrected chi connectivity index (χ1v) is 8.71. The Morgan fingerprint density at radius 1 is 1.14 bits per heavy atom. The summed E-state index contributed by atoms with van der Waals surface area (Å²) in [7, 11) is 0. The summed E-state index contributed by atoms with van der Waals surface area (Å²) in [4.78, 5) is 21.6. The third-order valence-corrected chi connectivity index (χ3v) is 4.85. The molecule has 28 heavy (non-hydrogen) atoms. The van der Waals surface area contributed by atoms with Gasteiger partial charge in [0, 0.05) is 43.1 Å². The smallest absolute Gasteiger partial charge is 0.248 e. The van der Waals surface area contributed by atoms with E-state index in [2.05, 4.69) is 25.7 Å². The lowest BCUT2D eigenvalue weighted by molar-refractivity contribution is -0.132. The van der Waals surface area contributed by atoms with Gasteiger partial charge < -0.3 is 10.6 Å². The molecule has 0 aliphatic carbocycles. The zero-order chi connectivity index (χ0) is 17.8. The largest absolute Gasteiger partial charge is 0.350 e. The van der Waals surface area contributed by atoms with E-state index in [4.69, 9.17) is 0 Å². The first-order chi connectivity index (χ1) is 12.8. The summed E-state index contributed by atoms with van der Waals surface area (Å²) >= 11 is 0. The fourth-order valence-corrected chi connectivity index (χ4v) is 3.45.